The van der Waals surface area contributed by atoms with Crippen molar-refractivity contribution in [1.82, 2.24) is 16.0 Å². The molecule has 0 spiro atoms. The fourth-order valence-corrected chi connectivity index (χ4v) is 2.55. The second-order valence-corrected chi connectivity index (χ2v) is 6.32. The Bertz CT molecular complexity index is 674. The van der Waals surface area contributed by atoms with E-state index in [9.17, 15) is 18.4 Å². The minimum atomic E-state index is -0.827. The van der Waals surface area contributed by atoms with Crippen molar-refractivity contribution in [3.63, 3.8) is 0 Å². The van der Waals surface area contributed by atoms with Crippen LogP contribution in [0, 0.1) is 23.5 Å². The second-order valence-electron chi connectivity index (χ2n) is 6.32. The van der Waals surface area contributed by atoms with Gasteiger partial charge in [0.15, 0.2) is 0 Å². The molecule has 0 saturated heterocycles. The van der Waals surface area contributed by atoms with Gasteiger partial charge in [0, 0.05) is 23.7 Å². The third-order valence-electron chi connectivity index (χ3n) is 3.72. The zero-order chi connectivity index (χ0) is 17.9. The van der Waals surface area contributed by atoms with Crippen LogP contribution in [0.3, 0.4) is 0 Å². The molecule has 0 aromatic heterocycles. The molecule has 24 heavy (non-hydrogen) atoms. The maximum Gasteiger partial charge on any atom is 0.271 e. The van der Waals surface area contributed by atoms with Gasteiger partial charge in [0.05, 0.1) is 0 Å². The molecule has 0 bridgehead atoms. The van der Waals surface area contributed by atoms with E-state index in [1.165, 1.54) is 12.3 Å². The fraction of sp³-hybridized carbons (Fsp3) is 0.412. The third kappa shape index (κ3) is 4.31. The highest BCUT2D eigenvalue weighted by atomic mass is 19.1. The fourth-order valence-electron chi connectivity index (χ4n) is 2.55. The Hall–Kier alpha value is -2.44. The van der Waals surface area contributed by atoms with Crippen LogP contribution in [0.4, 0.5) is 8.78 Å². The molecule has 3 N–H and O–H groups in total. The molecular weight excluding hydrogens is 316 g/mol. The van der Waals surface area contributed by atoms with Crippen LogP contribution in [0.15, 0.2) is 30.1 Å². The zero-order valence-electron chi connectivity index (χ0n) is 13.8. The van der Waals surface area contributed by atoms with Gasteiger partial charge < -0.3 is 16.0 Å². The third-order valence-corrected chi connectivity index (χ3v) is 3.72. The van der Waals surface area contributed by atoms with E-state index in [1.807, 2.05) is 13.8 Å². The summed E-state index contributed by atoms with van der Waals surface area (Å²) in [6.45, 7) is 5.82. The standard InChI is InChI=1S/C17H21F2N3O2/c1-9(2)6-10(3)16(23)21-14-8-20-15(22-17(14)24)12-5-4-11(18)7-13(12)19/h4-5,7-10,15,20H,6H2,1-3H3,(H,21,23)(H,22,24)/t10-,15?/m0/s1. The summed E-state index contributed by atoms with van der Waals surface area (Å²) in [4.78, 5) is 24.2. The van der Waals surface area contributed by atoms with Crippen molar-refractivity contribution in [2.75, 3.05) is 0 Å². The summed E-state index contributed by atoms with van der Waals surface area (Å²) in [5.74, 6) is -2.11. The zero-order valence-corrected chi connectivity index (χ0v) is 13.8. The van der Waals surface area contributed by atoms with Crippen LogP contribution in [0.25, 0.3) is 0 Å². The molecular formula is C17H21F2N3O2. The summed E-state index contributed by atoms with van der Waals surface area (Å²) in [5, 5.41) is 7.89. The number of hydrogen-bond acceptors (Lipinski definition) is 3. The monoisotopic (exact) mass is 337 g/mol. The molecule has 1 aromatic rings. The number of hydrogen-bond donors (Lipinski definition) is 3. The molecule has 130 valence electrons. The molecule has 1 unspecified atom stereocenters. The lowest BCUT2D eigenvalue weighted by Gasteiger charge is -2.26. The van der Waals surface area contributed by atoms with Crippen LogP contribution >= 0.6 is 0 Å². The van der Waals surface area contributed by atoms with Crippen LogP contribution in [-0.2, 0) is 9.59 Å². The number of benzene rings is 1. The Morgan fingerprint density at radius 1 is 1.29 bits per heavy atom. The maximum absolute atomic E-state index is 13.8. The van der Waals surface area contributed by atoms with E-state index in [1.54, 1.807) is 6.92 Å². The summed E-state index contributed by atoms with van der Waals surface area (Å²) < 4.78 is 26.7. The van der Waals surface area contributed by atoms with Gasteiger partial charge in [-0.2, -0.15) is 0 Å². The lowest BCUT2D eigenvalue weighted by molar-refractivity contribution is -0.127. The van der Waals surface area contributed by atoms with Crippen molar-refractivity contribution in [2.24, 2.45) is 11.8 Å². The summed E-state index contributed by atoms with van der Waals surface area (Å²) in [6, 6.07) is 3.11. The smallest absolute Gasteiger partial charge is 0.271 e. The lowest BCUT2D eigenvalue weighted by Crippen LogP contribution is -2.46. The molecule has 5 nitrogen and oxygen atoms in total. The number of nitrogens with one attached hydrogen (secondary N) is 3. The van der Waals surface area contributed by atoms with Crippen LogP contribution in [0.1, 0.15) is 38.9 Å². The molecule has 0 aliphatic carbocycles. The van der Waals surface area contributed by atoms with Crippen molar-refractivity contribution in [1.29, 1.82) is 0 Å². The average molecular weight is 337 g/mol. The summed E-state index contributed by atoms with van der Waals surface area (Å²) in [6.07, 6.45) is 1.20. The topological polar surface area (TPSA) is 70.2 Å². The average Bonchev–Trinajstić information content (AvgIpc) is 2.48. The van der Waals surface area contributed by atoms with Gasteiger partial charge >= 0.3 is 0 Å². The largest absolute Gasteiger partial charge is 0.366 e. The first-order valence-corrected chi connectivity index (χ1v) is 7.80. The molecule has 2 atom stereocenters. The quantitative estimate of drug-likeness (QED) is 0.772. The van der Waals surface area contributed by atoms with Gasteiger partial charge in [-0.1, -0.05) is 20.8 Å². The Labute approximate surface area is 139 Å². The van der Waals surface area contributed by atoms with Crippen molar-refractivity contribution in [3.05, 3.63) is 47.3 Å². The number of rotatable bonds is 5. The second kappa shape index (κ2) is 7.42. The number of halogens is 2. The highest BCUT2D eigenvalue weighted by Gasteiger charge is 2.26. The molecule has 1 aromatic carbocycles. The molecule has 2 rings (SSSR count). The summed E-state index contributed by atoms with van der Waals surface area (Å²) in [7, 11) is 0. The molecule has 7 heteroatoms. The van der Waals surface area contributed by atoms with E-state index < -0.39 is 23.7 Å². The highest BCUT2D eigenvalue weighted by molar-refractivity contribution is 5.98. The van der Waals surface area contributed by atoms with Gasteiger partial charge in [-0.25, -0.2) is 8.78 Å². The summed E-state index contributed by atoms with van der Waals surface area (Å²) >= 11 is 0. The minimum Gasteiger partial charge on any atom is -0.366 e. The van der Waals surface area contributed by atoms with Gasteiger partial charge in [0.2, 0.25) is 5.91 Å². The van der Waals surface area contributed by atoms with E-state index in [4.69, 9.17) is 0 Å². The molecule has 0 fully saturated rings. The van der Waals surface area contributed by atoms with E-state index >= 15 is 0 Å². The first kappa shape index (κ1) is 17.9. The van der Waals surface area contributed by atoms with Crippen LogP contribution in [-0.4, -0.2) is 11.8 Å². The Balaban J connectivity index is 2.05. The Morgan fingerprint density at radius 2 is 2.00 bits per heavy atom. The van der Waals surface area contributed by atoms with Gasteiger partial charge in [-0.15, -0.1) is 0 Å². The van der Waals surface area contributed by atoms with E-state index in [0.717, 1.165) is 12.1 Å². The minimum absolute atomic E-state index is 0.0642. The van der Waals surface area contributed by atoms with Crippen molar-refractivity contribution in [3.8, 4) is 0 Å². The molecule has 0 radical (unpaired) electrons. The molecule has 0 saturated carbocycles. The predicted molar refractivity (Wildman–Crippen MR) is 85.2 cm³/mol. The predicted octanol–water partition coefficient (Wildman–Crippen LogP) is 2.32. The van der Waals surface area contributed by atoms with Crippen LogP contribution in [0.2, 0.25) is 0 Å². The van der Waals surface area contributed by atoms with Crippen molar-refractivity contribution >= 4 is 11.8 Å². The van der Waals surface area contributed by atoms with E-state index in [2.05, 4.69) is 16.0 Å². The number of carbonyl (C=O) groups is 2. The van der Waals surface area contributed by atoms with E-state index in [0.29, 0.717) is 12.3 Å². The van der Waals surface area contributed by atoms with Gasteiger partial charge in [-0.3, -0.25) is 9.59 Å². The van der Waals surface area contributed by atoms with Crippen molar-refractivity contribution in [2.45, 2.75) is 33.4 Å². The van der Waals surface area contributed by atoms with Crippen LogP contribution in [0.5, 0.6) is 0 Å². The molecule has 1 heterocycles. The van der Waals surface area contributed by atoms with Gasteiger partial charge in [0.1, 0.15) is 23.5 Å². The number of amides is 2. The van der Waals surface area contributed by atoms with Crippen LogP contribution < -0.4 is 16.0 Å². The normalized spacial score (nSPS) is 18.5. The Morgan fingerprint density at radius 3 is 2.58 bits per heavy atom. The molecule has 1 aliphatic heterocycles. The van der Waals surface area contributed by atoms with Gasteiger partial charge in [0.25, 0.3) is 5.91 Å². The molecule has 1 aliphatic rings. The van der Waals surface area contributed by atoms with E-state index in [-0.39, 0.29) is 23.1 Å². The van der Waals surface area contributed by atoms with Gasteiger partial charge in [-0.05, 0) is 24.5 Å². The first-order valence-electron chi connectivity index (χ1n) is 7.80. The Kier molecular flexibility index (Phi) is 5.54. The first-order chi connectivity index (χ1) is 11.3. The SMILES string of the molecule is CC(C)C[C@H](C)C(=O)NC1=CNC(c2ccc(F)cc2F)NC1=O. The summed E-state index contributed by atoms with van der Waals surface area (Å²) in [5.41, 5.74) is 0.175. The highest BCUT2D eigenvalue weighted by Crippen LogP contribution is 2.19. The lowest BCUT2D eigenvalue weighted by atomic mass is 9.98. The van der Waals surface area contributed by atoms with Crippen molar-refractivity contribution < 1.29 is 18.4 Å². The number of carbonyl (C=O) groups excluding carboxylic acids is 2. The molecule has 2 amide bonds. The maximum atomic E-state index is 13.8.